The van der Waals surface area contributed by atoms with Crippen LogP contribution in [-0.2, 0) is 11.3 Å². The van der Waals surface area contributed by atoms with Crippen LogP contribution in [0, 0.1) is 0 Å². The second-order valence-corrected chi connectivity index (χ2v) is 7.19. The van der Waals surface area contributed by atoms with Crippen molar-refractivity contribution in [2.75, 3.05) is 26.3 Å². The fourth-order valence-electron chi connectivity index (χ4n) is 3.90. The van der Waals surface area contributed by atoms with Crippen molar-refractivity contribution in [2.24, 2.45) is 0 Å². The molecule has 29 heavy (non-hydrogen) atoms. The molecule has 146 valence electrons. The van der Waals surface area contributed by atoms with E-state index in [1.165, 1.54) is 5.56 Å². The van der Waals surface area contributed by atoms with Crippen LogP contribution in [0.5, 0.6) is 0 Å². The maximum Gasteiger partial charge on any atom is 0.173 e. The van der Waals surface area contributed by atoms with Crippen LogP contribution >= 0.6 is 0 Å². The molecule has 7 heteroatoms. The number of pyridine rings is 1. The van der Waals surface area contributed by atoms with E-state index in [1.54, 1.807) is 0 Å². The van der Waals surface area contributed by atoms with E-state index in [9.17, 15) is 0 Å². The van der Waals surface area contributed by atoms with Gasteiger partial charge in [0.15, 0.2) is 5.82 Å². The maximum absolute atomic E-state index is 5.59. The Bertz CT molecular complexity index is 1090. The standard InChI is InChI=1S/C22H22N6O/c1-2-5-17(6-3-1)16-28-22(24-25-26-28)21(27-11-13-29-14-12-27)19-8-9-20-18(15-19)7-4-10-23-20/h1-10,15,21H,11-14,16H2/t21-/m1/s1. The zero-order valence-corrected chi connectivity index (χ0v) is 16.1. The molecule has 0 bridgehead atoms. The predicted molar refractivity (Wildman–Crippen MR) is 109 cm³/mol. The minimum Gasteiger partial charge on any atom is -0.379 e. The van der Waals surface area contributed by atoms with Crippen LogP contribution in [0.2, 0.25) is 0 Å². The highest BCUT2D eigenvalue weighted by Crippen LogP contribution is 2.30. The fraction of sp³-hybridized carbons (Fsp3) is 0.273. The third-order valence-electron chi connectivity index (χ3n) is 5.33. The van der Waals surface area contributed by atoms with Gasteiger partial charge in [-0.25, -0.2) is 4.68 Å². The highest BCUT2D eigenvalue weighted by molar-refractivity contribution is 5.79. The Balaban J connectivity index is 1.57. The fourth-order valence-corrected chi connectivity index (χ4v) is 3.90. The molecule has 0 radical (unpaired) electrons. The van der Waals surface area contributed by atoms with E-state index in [1.807, 2.05) is 35.1 Å². The molecule has 7 nitrogen and oxygen atoms in total. The normalized spacial score (nSPS) is 16.1. The van der Waals surface area contributed by atoms with E-state index < -0.39 is 0 Å². The van der Waals surface area contributed by atoms with Gasteiger partial charge in [-0.05, 0) is 39.8 Å². The number of hydrogen-bond donors (Lipinski definition) is 0. The molecule has 0 N–H and O–H groups in total. The van der Waals surface area contributed by atoms with Crippen LogP contribution in [0.3, 0.4) is 0 Å². The summed E-state index contributed by atoms with van der Waals surface area (Å²) < 4.78 is 7.49. The molecule has 0 saturated carbocycles. The predicted octanol–water partition coefficient (Wildman–Crippen LogP) is 2.69. The molecule has 5 rings (SSSR count). The van der Waals surface area contributed by atoms with Gasteiger partial charge in [0.1, 0.15) is 0 Å². The first kappa shape index (κ1) is 17.9. The molecule has 0 aliphatic carbocycles. The van der Waals surface area contributed by atoms with Crippen molar-refractivity contribution in [1.82, 2.24) is 30.1 Å². The van der Waals surface area contributed by atoms with Gasteiger partial charge in [0.05, 0.1) is 31.3 Å². The molecule has 0 spiro atoms. The van der Waals surface area contributed by atoms with Crippen molar-refractivity contribution in [3.63, 3.8) is 0 Å². The van der Waals surface area contributed by atoms with Crippen LogP contribution in [0.1, 0.15) is 23.0 Å². The highest BCUT2D eigenvalue weighted by atomic mass is 16.5. The smallest absolute Gasteiger partial charge is 0.173 e. The summed E-state index contributed by atoms with van der Waals surface area (Å²) in [5.74, 6) is 0.846. The van der Waals surface area contributed by atoms with Gasteiger partial charge in [0.25, 0.3) is 0 Å². The lowest BCUT2D eigenvalue weighted by Crippen LogP contribution is -2.40. The van der Waals surface area contributed by atoms with E-state index >= 15 is 0 Å². The Kier molecular flexibility index (Phi) is 4.98. The van der Waals surface area contributed by atoms with E-state index in [0.29, 0.717) is 19.8 Å². The van der Waals surface area contributed by atoms with Gasteiger partial charge in [-0.15, -0.1) is 5.10 Å². The van der Waals surface area contributed by atoms with Crippen LogP contribution in [0.15, 0.2) is 66.9 Å². The average molecular weight is 386 g/mol. The summed E-state index contributed by atoms with van der Waals surface area (Å²) >= 11 is 0. The van der Waals surface area contributed by atoms with Crippen molar-refractivity contribution in [2.45, 2.75) is 12.6 Å². The van der Waals surface area contributed by atoms with Gasteiger partial charge >= 0.3 is 0 Å². The first-order chi connectivity index (χ1) is 14.4. The van der Waals surface area contributed by atoms with E-state index in [4.69, 9.17) is 4.74 Å². The molecule has 2 aromatic heterocycles. The summed E-state index contributed by atoms with van der Waals surface area (Å²) in [5.41, 5.74) is 3.32. The lowest BCUT2D eigenvalue weighted by Gasteiger charge is -2.34. The molecule has 0 unspecified atom stereocenters. The van der Waals surface area contributed by atoms with Gasteiger partial charge in [0, 0.05) is 24.7 Å². The topological polar surface area (TPSA) is 69.0 Å². The lowest BCUT2D eigenvalue weighted by atomic mass is 10.0. The van der Waals surface area contributed by atoms with Crippen molar-refractivity contribution in [1.29, 1.82) is 0 Å². The van der Waals surface area contributed by atoms with Crippen LogP contribution in [0.4, 0.5) is 0 Å². The minimum absolute atomic E-state index is 0.0396. The molecule has 2 aromatic carbocycles. The second-order valence-electron chi connectivity index (χ2n) is 7.19. The third kappa shape index (κ3) is 3.74. The zero-order valence-electron chi connectivity index (χ0n) is 16.1. The van der Waals surface area contributed by atoms with Crippen molar-refractivity contribution >= 4 is 10.9 Å². The molecular formula is C22H22N6O. The average Bonchev–Trinajstić information content (AvgIpc) is 3.23. The molecule has 4 aromatic rings. The first-order valence-corrected chi connectivity index (χ1v) is 9.85. The Morgan fingerprint density at radius 1 is 0.966 bits per heavy atom. The lowest BCUT2D eigenvalue weighted by molar-refractivity contribution is 0.0217. The van der Waals surface area contributed by atoms with Crippen molar-refractivity contribution < 1.29 is 4.74 Å². The number of tetrazole rings is 1. The van der Waals surface area contributed by atoms with E-state index in [2.05, 4.69) is 61.8 Å². The number of hydrogen-bond acceptors (Lipinski definition) is 6. The second kappa shape index (κ2) is 8.06. The highest BCUT2D eigenvalue weighted by Gasteiger charge is 2.29. The Morgan fingerprint density at radius 3 is 2.69 bits per heavy atom. The van der Waals surface area contributed by atoms with Crippen LogP contribution in [0.25, 0.3) is 10.9 Å². The summed E-state index contributed by atoms with van der Waals surface area (Å²) in [7, 11) is 0. The van der Waals surface area contributed by atoms with Crippen LogP contribution in [-0.4, -0.2) is 56.4 Å². The van der Waals surface area contributed by atoms with Crippen molar-refractivity contribution in [3.8, 4) is 0 Å². The zero-order chi connectivity index (χ0) is 19.5. The number of rotatable bonds is 5. The monoisotopic (exact) mass is 386 g/mol. The number of ether oxygens (including phenoxy) is 1. The Labute approximate surface area is 168 Å². The number of benzene rings is 2. The Morgan fingerprint density at radius 2 is 1.83 bits per heavy atom. The molecular weight excluding hydrogens is 364 g/mol. The summed E-state index contributed by atoms with van der Waals surface area (Å²) in [6, 6.07) is 20.7. The van der Waals surface area contributed by atoms with Gasteiger partial charge < -0.3 is 4.74 Å². The first-order valence-electron chi connectivity index (χ1n) is 9.85. The van der Waals surface area contributed by atoms with Gasteiger partial charge in [-0.1, -0.05) is 42.5 Å². The number of fused-ring (bicyclic) bond motifs is 1. The molecule has 1 fully saturated rings. The molecule has 1 atom stereocenters. The number of aromatic nitrogens is 5. The minimum atomic E-state index is -0.0396. The summed E-state index contributed by atoms with van der Waals surface area (Å²) in [6.45, 7) is 3.75. The van der Waals surface area contributed by atoms with E-state index in [-0.39, 0.29) is 6.04 Å². The largest absolute Gasteiger partial charge is 0.379 e. The molecule has 1 aliphatic rings. The SMILES string of the molecule is c1ccc(Cn2nnnc2[C@@H](c2ccc3ncccc3c2)N2CCOCC2)cc1. The number of nitrogens with zero attached hydrogens (tertiary/aromatic N) is 6. The third-order valence-corrected chi connectivity index (χ3v) is 5.33. The molecule has 1 aliphatic heterocycles. The summed E-state index contributed by atoms with van der Waals surface area (Å²) in [6.07, 6.45) is 1.82. The molecule has 1 saturated heterocycles. The van der Waals surface area contributed by atoms with Crippen molar-refractivity contribution in [3.05, 3.63) is 83.8 Å². The van der Waals surface area contributed by atoms with Crippen LogP contribution < -0.4 is 0 Å². The van der Waals surface area contributed by atoms with Gasteiger partial charge in [-0.2, -0.15) is 0 Å². The quantitative estimate of drug-likeness (QED) is 0.525. The molecule has 3 heterocycles. The maximum atomic E-state index is 5.59. The van der Waals surface area contributed by atoms with Gasteiger partial charge in [-0.3, -0.25) is 9.88 Å². The molecule has 0 amide bonds. The summed E-state index contributed by atoms with van der Waals surface area (Å²) in [4.78, 5) is 6.85. The summed E-state index contributed by atoms with van der Waals surface area (Å²) in [5, 5.41) is 13.9. The van der Waals surface area contributed by atoms with Gasteiger partial charge in [0.2, 0.25) is 0 Å². The Hall–Kier alpha value is -3.16. The number of morpholine rings is 1. The van der Waals surface area contributed by atoms with E-state index in [0.717, 1.165) is 35.4 Å².